The largest absolute Gasteiger partial charge is 0.431 e. The van der Waals surface area contributed by atoms with Crippen molar-refractivity contribution in [2.24, 2.45) is 5.92 Å². The van der Waals surface area contributed by atoms with Crippen molar-refractivity contribution in [3.8, 4) is 0 Å². The summed E-state index contributed by atoms with van der Waals surface area (Å²) in [5.74, 6) is 1.05. The predicted molar refractivity (Wildman–Crippen MR) is 75.5 cm³/mol. The van der Waals surface area contributed by atoms with Crippen molar-refractivity contribution in [3.05, 3.63) is 23.2 Å². The zero-order valence-electron chi connectivity index (χ0n) is 10.2. The number of nitrogens with one attached hydrogen (secondary N) is 1. The van der Waals surface area contributed by atoms with Crippen LogP contribution in [0.25, 0.3) is 11.1 Å². The molecule has 1 aromatic carbocycles. The highest BCUT2D eigenvalue weighted by Crippen LogP contribution is 2.28. The molecule has 3 rings (SSSR count). The molecule has 1 fully saturated rings. The molecule has 6 heteroatoms. The molecule has 2 aromatic rings. The molecule has 1 aromatic heterocycles. The molecule has 19 heavy (non-hydrogen) atoms. The lowest BCUT2D eigenvalue weighted by atomic mass is 10.3. The Balaban J connectivity index is 1.56. The van der Waals surface area contributed by atoms with Gasteiger partial charge in [-0.2, -0.15) is 0 Å². The molecule has 1 aliphatic rings. The van der Waals surface area contributed by atoms with Gasteiger partial charge in [0.2, 0.25) is 5.91 Å². The van der Waals surface area contributed by atoms with E-state index in [1.165, 1.54) is 24.6 Å². The summed E-state index contributed by atoms with van der Waals surface area (Å²) in [4.78, 5) is 15.9. The minimum atomic E-state index is 0.0252. The van der Waals surface area contributed by atoms with Crippen molar-refractivity contribution in [2.75, 3.05) is 12.3 Å². The van der Waals surface area contributed by atoms with Gasteiger partial charge in [0.15, 0.2) is 5.58 Å². The van der Waals surface area contributed by atoms with Gasteiger partial charge in [0, 0.05) is 11.6 Å². The van der Waals surface area contributed by atoms with Crippen LogP contribution in [0.5, 0.6) is 0 Å². The molecule has 0 unspecified atom stereocenters. The van der Waals surface area contributed by atoms with Crippen molar-refractivity contribution in [1.82, 2.24) is 10.3 Å². The van der Waals surface area contributed by atoms with E-state index < -0.39 is 0 Å². The summed E-state index contributed by atoms with van der Waals surface area (Å²) in [5.41, 5.74) is 1.40. The lowest BCUT2D eigenvalue weighted by Gasteiger charge is -2.01. The third-order valence-corrected chi connectivity index (χ3v) is 4.00. The SMILES string of the molecule is O=C(CSc1nc2cc(Cl)ccc2o1)NCC1CC1. The van der Waals surface area contributed by atoms with E-state index in [9.17, 15) is 4.79 Å². The van der Waals surface area contributed by atoms with Gasteiger partial charge in [0.05, 0.1) is 5.75 Å². The number of amides is 1. The number of hydrogen-bond acceptors (Lipinski definition) is 4. The van der Waals surface area contributed by atoms with E-state index in [4.69, 9.17) is 16.0 Å². The number of aromatic nitrogens is 1. The maximum atomic E-state index is 11.6. The number of rotatable bonds is 5. The fourth-order valence-electron chi connectivity index (χ4n) is 1.70. The van der Waals surface area contributed by atoms with Crippen molar-refractivity contribution < 1.29 is 9.21 Å². The number of hydrogen-bond donors (Lipinski definition) is 1. The molecule has 1 N–H and O–H groups in total. The van der Waals surface area contributed by atoms with E-state index in [0.29, 0.717) is 33.0 Å². The molecule has 1 amide bonds. The molecular weight excluding hydrogens is 284 g/mol. The lowest BCUT2D eigenvalue weighted by Crippen LogP contribution is -2.27. The molecule has 0 atom stereocenters. The lowest BCUT2D eigenvalue weighted by molar-refractivity contribution is -0.118. The Bertz CT molecular complexity index is 610. The van der Waals surface area contributed by atoms with Gasteiger partial charge in [0.1, 0.15) is 5.52 Å². The van der Waals surface area contributed by atoms with Crippen LogP contribution in [-0.4, -0.2) is 23.2 Å². The van der Waals surface area contributed by atoms with Crippen molar-refractivity contribution >= 4 is 40.4 Å². The topological polar surface area (TPSA) is 55.1 Å². The first-order chi connectivity index (χ1) is 9.20. The number of fused-ring (bicyclic) bond motifs is 1. The van der Waals surface area contributed by atoms with Crippen LogP contribution in [0.15, 0.2) is 27.8 Å². The number of benzene rings is 1. The normalized spacial score (nSPS) is 14.8. The molecular formula is C13H13ClN2O2S. The number of nitrogens with zero attached hydrogens (tertiary/aromatic N) is 1. The Morgan fingerprint density at radius 1 is 1.53 bits per heavy atom. The van der Waals surface area contributed by atoms with Gasteiger partial charge in [0.25, 0.3) is 5.22 Å². The Labute approximate surface area is 119 Å². The monoisotopic (exact) mass is 296 g/mol. The van der Waals surface area contributed by atoms with Crippen LogP contribution < -0.4 is 5.32 Å². The van der Waals surface area contributed by atoms with Crippen molar-refractivity contribution in [3.63, 3.8) is 0 Å². The van der Waals surface area contributed by atoms with E-state index in [1.54, 1.807) is 18.2 Å². The van der Waals surface area contributed by atoms with Crippen LogP contribution in [0, 0.1) is 5.92 Å². The number of carbonyl (C=O) groups excluding carboxylic acids is 1. The highest BCUT2D eigenvalue weighted by atomic mass is 35.5. The standard InChI is InChI=1S/C13H13ClN2O2S/c14-9-3-4-11-10(5-9)16-13(18-11)19-7-12(17)15-6-8-1-2-8/h3-5,8H,1-2,6-7H2,(H,15,17). The second-order valence-electron chi connectivity index (χ2n) is 4.63. The molecule has 100 valence electrons. The van der Waals surface area contributed by atoms with Crippen LogP contribution in [0.2, 0.25) is 5.02 Å². The highest BCUT2D eigenvalue weighted by Gasteiger charge is 2.21. The maximum absolute atomic E-state index is 11.6. The fourth-order valence-corrected chi connectivity index (χ4v) is 2.53. The van der Waals surface area contributed by atoms with E-state index in [-0.39, 0.29) is 5.91 Å². The summed E-state index contributed by atoms with van der Waals surface area (Å²) in [6, 6.07) is 5.28. The summed E-state index contributed by atoms with van der Waals surface area (Å²) in [6.07, 6.45) is 2.47. The van der Waals surface area contributed by atoms with Crippen LogP contribution in [0.1, 0.15) is 12.8 Å². The third-order valence-electron chi connectivity index (χ3n) is 2.94. The average Bonchev–Trinajstić information content (AvgIpc) is 3.13. The van der Waals surface area contributed by atoms with Crippen LogP contribution >= 0.6 is 23.4 Å². The third kappa shape index (κ3) is 3.42. The number of halogens is 1. The molecule has 0 radical (unpaired) electrons. The van der Waals surface area contributed by atoms with Gasteiger partial charge in [-0.05, 0) is 37.0 Å². The molecule has 0 spiro atoms. The van der Waals surface area contributed by atoms with Gasteiger partial charge in [-0.15, -0.1) is 0 Å². The summed E-state index contributed by atoms with van der Waals surface area (Å²) in [7, 11) is 0. The van der Waals surface area contributed by atoms with E-state index in [2.05, 4.69) is 10.3 Å². The van der Waals surface area contributed by atoms with Gasteiger partial charge >= 0.3 is 0 Å². The Hall–Kier alpha value is -1.20. The van der Waals surface area contributed by atoms with Gasteiger partial charge in [-0.25, -0.2) is 4.98 Å². The summed E-state index contributed by atoms with van der Waals surface area (Å²) >= 11 is 7.18. The highest BCUT2D eigenvalue weighted by molar-refractivity contribution is 7.99. The van der Waals surface area contributed by atoms with E-state index >= 15 is 0 Å². The average molecular weight is 297 g/mol. The van der Waals surface area contributed by atoms with Gasteiger partial charge < -0.3 is 9.73 Å². The quantitative estimate of drug-likeness (QED) is 0.862. The van der Waals surface area contributed by atoms with Crippen molar-refractivity contribution in [2.45, 2.75) is 18.1 Å². The van der Waals surface area contributed by atoms with Crippen LogP contribution in [-0.2, 0) is 4.79 Å². The minimum absolute atomic E-state index is 0.0252. The Morgan fingerprint density at radius 2 is 2.37 bits per heavy atom. The van der Waals surface area contributed by atoms with Crippen molar-refractivity contribution in [1.29, 1.82) is 0 Å². The Morgan fingerprint density at radius 3 is 3.16 bits per heavy atom. The summed E-state index contributed by atoms with van der Waals surface area (Å²) in [5, 5.41) is 4.03. The fraction of sp³-hybridized carbons (Fsp3) is 0.385. The molecule has 1 heterocycles. The first-order valence-corrected chi connectivity index (χ1v) is 7.52. The summed E-state index contributed by atoms with van der Waals surface area (Å²) < 4.78 is 5.52. The molecule has 1 aliphatic carbocycles. The zero-order valence-corrected chi connectivity index (χ0v) is 11.8. The molecule has 0 aliphatic heterocycles. The first-order valence-electron chi connectivity index (χ1n) is 6.16. The minimum Gasteiger partial charge on any atom is -0.431 e. The number of oxazole rings is 1. The van der Waals surface area contributed by atoms with E-state index in [1.807, 2.05) is 0 Å². The zero-order chi connectivity index (χ0) is 13.2. The number of carbonyl (C=O) groups is 1. The molecule has 0 saturated heterocycles. The molecule has 0 bridgehead atoms. The van der Waals surface area contributed by atoms with E-state index in [0.717, 1.165) is 6.54 Å². The van der Waals surface area contributed by atoms with Crippen LogP contribution in [0.3, 0.4) is 0 Å². The Kier molecular flexibility index (Phi) is 3.66. The predicted octanol–water partition coefficient (Wildman–Crippen LogP) is 3.10. The second-order valence-corrected chi connectivity index (χ2v) is 5.99. The summed E-state index contributed by atoms with van der Waals surface area (Å²) in [6.45, 7) is 0.794. The first kappa shape index (κ1) is 12.8. The number of thioether (sulfide) groups is 1. The maximum Gasteiger partial charge on any atom is 0.257 e. The van der Waals surface area contributed by atoms with Crippen LogP contribution in [0.4, 0.5) is 0 Å². The smallest absolute Gasteiger partial charge is 0.257 e. The van der Waals surface area contributed by atoms with Gasteiger partial charge in [-0.1, -0.05) is 23.4 Å². The van der Waals surface area contributed by atoms with Gasteiger partial charge in [-0.3, -0.25) is 4.79 Å². The molecule has 4 nitrogen and oxygen atoms in total. The molecule has 1 saturated carbocycles. The second kappa shape index (κ2) is 5.43.